The van der Waals surface area contributed by atoms with E-state index in [2.05, 4.69) is 5.10 Å². The summed E-state index contributed by atoms with van der Waals surface area (Å²) in [6.07, 6.45) is 0.771. The summed E-state index contributed by atoms with van der Waals surface area (Å²) >= 11 is 0. The van der Waals surface area contributed by atoms with E-state index in [9.17, 15) is 9.59 Å². The van der Waals surface area contributed by atoms with Gasteiger partial charge in [0.1, 0.15) is 0 Å². The second-order valence-electron chi connectivity index (χ2n) is 5.54. The van der Waals surface area contributed by atoms with Crippen LogP contribution in [0.4, 0.5) is 0 Å². The maximum Gasteiger partial charge on any atom is 0.363 e. The molecule has 0 saturated carbocycles. The van der Waals surface area contributed by atoms with Gasteiger partial charge in [0.2, 0.25) is 5.69 Å². The summed E-state index contributed by atoms with van der Waals surface area (Å²) in [4.78, 5) is 25.9. The van der Waals surface area contributed by atoms with Gasteiger partial charge >= 0.3 is 5.97 Å². The molecule has 1 atom stereocenters. The quantitative estimate of drug-likeness (QED) is 0.702. The third-order valence-corrected chi connectivity index (χ3v) is 3.68. The first-order valence-corrected chi connectivity index (χ1v) is 8.00. The van der Waals surface area contributed by atoms with Gasteiger partial charge in [-0.3, -0.25) is 4.79 Å². The van der Waals surface area contributed by atoms with Crippen LogP contribution in [0.15, 0.2) is 36.5 Å². The molecule has 2 aromatic rings. The van der Waals surface area contributed by atoms with Crippen molar-refractivity contribution >= 4 is 11.9 Å². The van der Waals surface area contributed by atoms with Crippen LogP contribution in [0.2, 0.25) is 0 Å². The number of carbonyl (C=O) groups excluding carboxylic acids is 2. The minimum atomic E-state index is -1.00. The summed E-state index contributed by atoms with van der Waals surface area (Å²) in [5.41, 5.74) is 0.737. The van der Waals surface area contributed by atoms with Crippen molar-refractivity contribution in [1.29, 1.82) is 5.26 Å². The number of nitrogens with zero attached hydrogens (tertiary/aromatic N) is 4. The fraction of sp³-hybridized carbons (Fsp3) is 0.333. The lowest BCUT2D eigenvalue weighted by Crippen LogP contribution is -2.38. The Morgan fingerprint density at radius 3 is 2.65 bits per heavy atom. The van der Waals surface area contributed by atoms with Crippen LogP contribution in [0.3, 0.4) is 0 Å². The first-order chi connectivity index (χ1) is 12.5. The number of carbonyl (C=O) groups is 2. The highest BCUT2D eigenvalue weighted by Crippen LogP contribution is 2.21. The van der Waals surface area contributed by atoms with E-state index in [0.29, 0.717) is 0 Å². The van der Waals surface area contributed by atoms with E-state index in [0.717, 1.165) is 5.69 Å². The molecule has 0 bridgehead atoms. The molecule has 0 N–H and O–H groups in total. The van der Waals surface area contributed by atoms with Crippen molar-refractivity contribution in [2.45, 2.75) is 19.4 Å². The lowest BCUT2D eigenvalue weighted by molar-refractivity contribution is -0.138. The van der Waals surface area contributed by atoms with E-state index >= 15 is 0 Å². The van der Waals surface area contributed by atoms with Gasteiger partial charge in [-0.05, 0) is 19.1 Å². The molecule has 0 saturated heterocycles. The van der Waals surface area contributed by atoms with Crippen LogP contribution in [0.5, 0.6) is 5.75 Å². The van der Waals surface area contributed by atoms with Crippen LogP contribution in [0.1, 0.15) is 23.8 Å². The minimum absolute atomic E-state index is 0.0179. The molecule has 1 aromatic heterocycles. The van der Waals surface area contributed by atoms with E-state index < -0.39 is 18.0 Å². The molecular formula is C18H20N4O4. The van der Waals surface area contributed by atoms with Gasteiger partial charge in [-0.25, -0.2) is 9.48 Å². The normalized spacial score (nSPS) is 11.3. The highest BCUT2D eigenvalue weighted by Gasteiger charge is 2.26. The van der Waals surface area contributed by atoms with Gasteiger partial charge in [0.25, 0.3) is 5.91 Å². The highest BCUT2D eigenvalue weighted by molar-refractivity contribution is 5.92. The van der Waals surface area contributed by atoms with E-state index in [4.69, 9.17) is 14.7 Å². The minimum Gasteiger partial charge on any atom is -0.493 e. The van der Waals surface area contributed by atoms with Gasteiger partial charge in [0.05, 0.1) is 31.5 Å². The summed E-state index contributed by atoms with van der Waals surface area (Å²) < 4.78 is 11.9. The average Bonchev–Trinajstić information content (AvgIpc) is 3.10. The molecule has 8 heteroatoms. The number of hydrogen-bond acceptors (Lipinski definition) is 6. The molecule has 0 aliphatic rings. The molecule has 2 rings (SSSR count). The summed E-state index contributed by atoms with van der Waals surface area (Å²) in [6.45, 7) is 1.74. The number of aromatic nitrogens is 2. The Bertz CT molecular complexity index is 810. The van der Waals surface area contributed by atoms with E-state index in [1.54, 1.807) is 13.2 Å². The van der Waals surface area contributed by atoms with Gasteiger partial charge in [-0.1, -0.05) is 18.2 Å². The Hall–Kier alpha value is -3.34. The maximum absolute atomic E-state index is 12.4. The van der Waals surface area contributed by atoms with Crippen LogP contribution in [-0.4, -0.2) is 53.4 Å². The standard InChI is InChI=1S/C18H20N4O4/c1-13(17(23)21(2)11-7-10-19)26-18(24)16-15(25-3)12-22(20-16)14-8-5-4-6-9-14/h4-6,8-9,12-13H,7,11H2,1-3H3/t13-/m1/s1. The van der Waals surface area contributed by atoms with Crippen molar-refractivity contribution in [3.63, 3.8) is 0 Å². The first-order valence-electron chi connectivity index (χ1n) is 8.00. The van der Waals surface area contributed by atoms with E-state index in [1.165, 1.54) is 23.6 Å². The van der Waals surface area contributed by atoms with Gasteiger partial charge in [0.15, 0.2) is 11.9 Å². The number of likely N-dealkylation sites (N-methyl/N-ethyl adjacent to an activating group) is 1. The van der Waals surface area contributed by atoms with Gasteiger partial charge < -0.3 is 14.4 Å². The summed E-state index contributed by atoms with van der Waals surface area (Å²) in [5.74, 6) is -0.905. The zero-order valence-electron chi connectivity index (χ0n) is 14.9. The molecule has 8 nitrogen and oxygen atoms in total. The van der Waals surface area contributed by atoms with Gasteiger partial charge in [-0.2, -0.15) is 10.4 Å². The van der Waals surface area contributed by atoms with Crippen LogP contribution in [-0.2, 0) is 9.53 Å². The Morgan fingerprint density at radius 1 is 1.35 bits per heavy atom. The van der Waals surface area contributed by atoms with Crippen LogP contribution >= 0.6 is 0 Å². The van der Waals surface area contributed by atoms with Crippen molar-refractivity contribution < 1.29 is 19.1 Å². The Kier molecular flexibility index (Phi) is 6.33. The summed E-state index contributed by atoms with van der Waals surface area (Å²) in [7, 11) is 2.97. The number of ether oxygens (including phenoxy) is 2. The zero-order chi connectivity index (χ0) is 19.1. The van der Waals surface area contributed by atoms with Crippen molar-refractivity contribution in [2.24, 2.45) is 0 Å². The molecule has 1 heterocycles. The molecule has 0 aliphatic heterocycles. The van der Waals surface area contributed by atoms with Crippen molar-refractivity contribution in [3.05, 3.63) is 42.2 Å². The monoisotopic (exact) mass is 356 g/mol. The molecular weight excluding hydrogens is 336 g/mol. The Balaban J connectivity index is 2.13. The van der Waals surface area contributed by atoms with Crippen LogP contribution in [0, 0.1) is 11.3 Å². The predicted molar refractivity (Wildman–Crippen MR) is 92.9 cm³/mol. The third kappa shape index (κ3) is 4.39. The number of nitriles is 1. The highest BCUT2D eigenvalue weighted by atomic mass is 16.6. The summed E-state index contributed by atoms with van der Waals surface area (Å²) in [5, 5.41) is 12.8. The number of rotatable bonds is 7. The van der Waals surface area contributed by atoms with Crippen LogP contribution < -0.4 is 4.74 Å². The molecule has 1 amide bonds. The molecule has 0 aliphatic carbocycles. The number of methoxy groups -OCH3 is 1. The molecule has 0 radical (unpaired) electrons. The predicted octanol–water partition coefficient (Wildman–Crippen LogP) is 1.80. The van der Waals surface area contributed by atoms with E-state index in [1.807, 2.05) is 36.4 Å². The second-order valence-corrected chi connectivity index (χ2v) is 5.54. The topological polar surface area (TPSA) is 97.5 Å². The maximum atomic E-state index is 12.4. The molecule has 0 spiro atoms. The molecule has 26 heavy (non-hydrogen) atoms. The molecule has 136 valence electrons. The number of esters is 1. The SMILES string of the molecule is COc1cn(-c2ccccc2)nc1C(=O)O[C@H](C)C(=O)N(C)CCC#N. The Labute approximate surface area is 151 Å². The number of para-hydroxylation sites is 1. The molecule has 0 unspecified atom stereocenters. The third-order valence-electron chi connectivity index (χ3n) is 3.68. The smallest absolute Gasteiger partial charge is 0.363 e. The first kappa shape index (κ1) is 19.0. The second kappa shape index (κ2) is 8.67. The van der Waals surface area contributed by atoms with Gasteiger partial charge in [0, 0.05) is 13.6 Å². The number of hydrogen-bond donors (Lipinski definition) is 0. The van der Waals surface area contributed by atoms with Crippen molar-refractivity contribution in [1.82, 2.24) is 14.7 Å². The number of benzene rings is 1. The molecule has 1 aromatic carbocycles. The van der Waals surface area contributed by atoms with Crippen molar-refractivity contribution in [3.8, 4) is 17.5 Å². The fourth-order valence-corrected chi connectivity index (χ4v) is 2.27. The average molecular weight is 356 g/mol. The van der Waals surface area contributed by atoms with Crippen molar-refractivity contribution in [2.75, 3.05) is 20.7 Å². The molecule has 0 fully saturated rings. The largest absolute Gasteiger partial charge is 0.493 e. The zero-order valence-corrected chi connectivity index (χ0v) is 14.9. The fourth-order valence-electron chi connectivity index (χ4n) is 2.27. The number of amides is 1. The van der Waals surface area contributed by atoms with Gasteiger partial charge in [-0.15, -0.1) is 0 Å². The lowest BCUT2D eigenvalue weighted by atomic mass is 10.3. The lowest BCUT2D eigenvalue weighted by Gasteiger charge is -2.20. The van der Waals surface area contributed by atoms with Crippen LogP contribution in [0.25, 0.3) is 5.69 Å². The Morgan fingerprint density at radius 2 is 2.04 bits per heavy atom. The van der Waals surface area contributed by atoms with E-state index in [-0.39, 0.29) is 24.4 Å². The summed E-state index contributed by atoms with van der Waals surface area (Å²) in [6, 6.07) is 11.2.